The summed E-state index contributed by atoms with van der Waals surface area (Å²) in [5.74, 6) is 0.812. The van der Waals surface area contributed by atoms with E-state index < -0.39 is 0 Å². The Labute approximate surface area is 75.0 Å². The zero-order valence-electron chi connectivity index (χ0n) is 7.84. The molecule has 1 rings (SSSR count). The number of nitrogens with zero attached hydrogens (tertiary/aromatic N) is 1. The highest BCUT2D eigenvalue weighted by molar-refractivity contribution is 4.80. The topological polar surface area (TPSA) is 35.8 Å². The standard InChI is InChI=1S/C10H18N2/c1-9(12-8-7-11)10-5-3-2-4-6-10/h9-10,12H,2-6,8H2,1H3/t9-/m1/s1. The molecule has 0 spiro atoms. The SMILES string of the molecule is C[C@@H](NCC#N)C1CCCCC1. The molecule has 1 aliphatic carbocycles. The summed E-state index contributed by atoms with van der Waals surface area (Å²) in [6.07, 6.45) is 6.85. The van der Waals surface area contributed by atoms with Crippen LogP contribution in [-0.2, 0) is 0 Å². The van der Waals surface area contributed by atoms with Crippen LogP contribution in [0.4, 0.5) is 0 Å². The van der Waals surface area contributed by atoms with Crippen LogP contribution in [0.15, 0.2) is 0 Å². The zero-order valence-corrected chi connectivity index (χ0v) is 7.84. The molecule has 0 unspecified atom stereocenters. The molecule has 1 saturated carbocycles. The molecular weight excluding hydrogens is 148 g/mol. The zero-order chi connectivity index (χ0) is 8.81. The van der Waals surface area contributed by atoms with Gasteiger partial charge in [0.25, 0.3) is 0 Å². The third-order valence-corrected chi connectivity index (χ3v) is 2.86. The van der Waals surface area contributed by atoms with Gasteiger partial charge in [-0.25, -0.2) is 0 Å². The van der Waals surface area contributed by atoms with Crippen molar-refractivity contribution in [1.82, 2.24) is 5.32 Å². The second kappa shape index (κ2) is 5.16. The maximum Gasteiger partial charge on any atom is 0.0843 e. The number of nitriles is 1. The lowest BCUT2D eigenvalue weighted by molar-refractivity contribution is 0.287. The van der Waals surface area contributed by atoms with Crippen molar-refractivity contribution in [2.45, 2.75) is 45.1 Å². The Hall–Kier alpha value is -0.550. The van der Waals surface area contributed by atoms with Crippen LogP contribution in [0.3, 0.4) is 0 Å². The molecule has 1 fully saturated rings. The van der Waals surface area contributed by atoms with Crippen LogP contribution in [0, 0.1) is 17.2 Å². The minimum absolute atomic E-state index is 0.498. The Morgan fingerprint density at radius 3 is 2.67 bits per heavy atom. The van der Waals surface area contributed by atoms with Gasteiger partial charge in [0.15, 0.2) is 0 Å². The molecule has 2 heteroatoms. The van der Waals surface area contributed by atoms with Crippen molar-refractivity contribution in [1.29, 1.82) is 5.26 Å². The van der Waals surface area contributed by atoms with E-state index in [0.29, 0.717) is 12.6 Å². The third-order valence-electron chi connectivity index (χ3n) is 2.86. The van der Waals surface area contributed by atoms with Crippen molar-refractivity contribution in [3.8, 4) is 6.07 Å². The van der Waals surface area contributed by atoms with Crippen molar-refractivity contribution in [2.75, 3.05) is 6.54 Å². The maximum absolute atomic E-state index is 8.40. The first kappa shape index (κ1) is 9.54. The minimum atomic E-state index is 0.498. The molecule has 0 radical (unpaired) electrons. The molecule has 0 amide bonds. The van der Waals surface area contributed by atoms with Crippen molar-refractivity contribution in [3.05, 3.63) is 0 Å². The molecule has 1 atom stereocenters. The van der Waals surface area contributed by atoms with Crippen LogP contribution < -0.4 is 5.32 Å². The first-order valence-corrected chi connectivity index (χ1v) is 4.95. The molecule has 0 aromatic rings. The van der Waals surface area contributed by atoms with E-state index in [2.05, 4.69) is 18.3 Å². The van der Waals surface area contributed by atoms with Crippen molar-refractivity contribution < 1.29 is 0 Å². The highest BCUT2D eigenvalue weighted by Crippen LogP contribution is 2.25. The van der Waals surface area contributed by atoms with Crippen molar-refractivity contribution >= 4 is 0 Å². The van der Waals surface area contributed by atoms with Crippen LogP contribution >= 0.6 is 0 Å². The highest BCUT2D eigenvalue weighted by Gasteiger charge is 2.18. The molecule has 0 saturated heterocycles. The monoisotopic (exact) mass is 166 g/mol. The van der Waals surface area contributed by atoms with Gasteiger partial charge in [0, 0.05) is 6.04 Å². The fourth-order valence-electron chi connectivity index (χ4n) is 2.01. The Balaban J connectivity index is 2.21. The second-order valence-electron chi connectivity index (χ2n) is 3.73. The molecule has 0 aromatic heterocycles. The summed E-state index contributed by atoms with van der Waals surface area (Å²) in [4.78, 5) is 0. The van der Waals surface area contributed by atoms with Crippen LogP contribution in [-0.4, -0.2) is 12.6 Å². The lowest BCUT2D eigenvalue weighted by Crippen LogP contribution is -2.34. The predicted molar refractivity (Wildman–Crippen MR) is 49.7 cm³/mol. The summed E-state index contributed by atoms with van der Waals surface area (Å²) in [5, 5.41) is 11.6. The van der Waals surface area contributed by atoms with Gasteiger partial charge in [0.1, 0.15) is 0 Å². The van der Waals surface area contributed by atoms with Gasteiger partial charge in [0.05, 0.1) is 12.6 Å². The Morgan fingerprint density at radius 2 is 2.08 bits per heavy atom. The van der Waals surface area contributed by atoms with E-state index in [9.17, 15) is 0 Å². The summed E-state index contributed by atoms with van der Waals surface area (Å²) < 4.78 is 0. The van der Waals surface area contributed by atoms with Crippen LogP contribution in [0.1, 0.15) is 39.0 Å². The van der Waals surface area contributed by atoms with Crippen LogP contribution in [0.2, 0.25) is 0 Å². The summed E-state index contributed by atoms with van der Waals surface area (Å²) in [6, 6.07) is 2.66. The molecule has 0 bridgehead atoms. The fourth-order valence-corrected chi connectivity index (χ4v) is 2.01. The van der Waals surface area contributed by atoms with E-state index in [4.69, 9.17) is 5.26 Å². The molecule has 12 heavy (non-hydrogen) atoms. The predicted octanol–water partition coefficient (Wildman–Crippen LogP) is 2.07. The summed E-state index contributed by atoms with van der Waals surface area (Å²) in [7, 11) is 0. The van der Waals surface area contributed by atoms with Gasteiger partial charge >= 0.3 is 0 Å². The summed E-state index contributed by atoms with van der Waals surface area (Å²) in [5.41, 5.74) is 0. The Kier molecular flexibility index (Phi) is 4.10. The van der Waals surface area contributed by atoms with Gasteiger partial charge in [-0.1, -0.05) is 19.3 Å². The van der Waals surface area contributed by atoms with Gasteiger partial charge in [-0.15, -0.1) is 0 Å². The maximum atomic E-state index is 8.40. The molecule has 68 valence electrons. The van der Waals surface area contributed by atoms with Crippen molar-refractivity contribution in [2.24, 2.45) is 5.92 Å². The van der Waals surface area contributed by atoms with E-state index >= 15 is 0 Å². The molecule has 2 nitrogen and oxygen atoms in total. The van der Waals surface area contributed by atoms with E-state index in [0.717, 1.165) is 5.92 Å². The lowest BCUT2D eigenvalue weighted by Gasteiger charge is -2.27. The van der Waals surface area contributed by atoms with E-state index in [-0.39, 0.29) is 0 Å². The van der Waals surface area contributed by atoms with E-state index in [1.54, 1.807) is 0 Å². The number of nitrogens with one attached hydrogen (secondary N) is 1. The Bertz CT molecular complexity index is 154. The normalized spacial score (nSPS) is 21.7. The van der Waals surface area contributed by atoms with Crippen LogP contribution in [0.25, 0.3) is 0 Å². The largest absolute Gasteiger partial charge is 0.302 e. The van der Waals surface area contributed by atoms with Gasteiger partial charge in [-0.2, -0.15) is 5.26 Å². The lowest BCUT2D eigenvalue weighted by atomic mass is 9.84. The highest BCUT2D eigenvalue weighted by atomic mass is 14.9. The van der Waals surface area contributed by atoms with Gasteiger partial charge < -0.3 is 5.32 Å². The molecule has 1 aliphatic rings. The minimum Gasteiger partial charge on any atom is -0.302 e. The summed E-state index contributed by atoms with van der Waals surface area (Å²) >= 11 is 0. The first-order chi connectivity index (χ1) is 5.84. The average molecular weight is 166 g/mol. The Morgan fingerprint density at radius 1 is 1.42 bits per heavy atom. The molecule has 0 aromatic carbocycles. The van der Waals surface area contributed by atoms with Gasteiger partial charge in [-0.05, 0) is 25.7 Å². The molecule has 0 heterocycles. The van der Waals surface area contributed by atoms with E-state index in [1.165, 1.54) is 32.1 Å². The molecular formula is C10H18N2. The first-order valence-electron chi connectivity index (χ1n) is 4.95. The van der Waals surface area contributed by atoms with Gasteiger partial charge in [-0.3, -0.25) is 0 Å². The van der Waals surface area contributed by atoms with Crippen molar-refractivity contribution in [3.63, 3.8) is 0 Å². The number of rotatable bonds is 3. The number of hydrogen-bond acceptors (Lipinski definition) is 2. The third kappa shape index (κ3) is 2.83. The molecule has 0 aliphatic heterocycles. The molecule has 1 N–H and O–H groups in total. The second-order valence-corrected chi connectivity index (χ2v) is 3.73. The summed E-state index contributed by atoms with van der Waals surface area (Å²) in [6.45, 7) is 2.70. The van der Waals surface area contributed by atoms with Gasteiger partial charge in [0.2, 0.25) is 0 Å². The smallest absolute Gasteiger partial charge is 0.0843 e. The fraction of sp³-hybridized carbons (Fsp3) is 0.900. The van der Waals surface area contributed by atoms with E-state index in [1.807, 2.05) is 0 Å². The van der Waals surface area contributed by atoms with Crippen LogP contribution in [0.5, 0.6) is 0 Å². The average Bonchev–Trinajstić information content (AvgIpc) is 2.15. The quantitative estimate of drug-likeness (QED) is 0.651. The number of hydrogen-bond donors (Lipinski definition) is 1.